The van der Waals surface area contributed by atoms with Crippen molar-refractivity contribution in [3.63, 3.8) is 0 Å². The van der Waals surface area contributed by atoms with Gasteiger partial charge in [-0.1, -0.05) is 53.6 Å². The van der Waals surface area contributed by atoms with Gasteiger partial charge in [-0.2, -0.15) is 0 Å². The Labute approximate surface area is 158 Å². The van der Waals surface area contributed by atoms with E-state index in [-0.39, 0.29) is 30.0 Å². The van der Waals surface area contributed by atoms with E-state index in [1.54, 1.807) is 0 Å². The smallest absolute Gasteiger partial charge is 0.0745 e. The van der Waals surface area contributed by atoms with Crippen molar-refractivity contribution in [3.8, 4) is 0 Å². The van der Waals surface area contributed by atoms with Gasteiger partial charge in [0.15, 0.2) is 0 Å². The van der Waals surface area contributed by atoms with Crippen LogP contribution in [0.1, 0.15) is 45.1 Å². The number of allylic oxidation sites excluding steroid dienone is 3. The van der Waals surface area contributed by atoms with E-state index in [1.807, 2.05) is 18.2 Å². The summed E-state index contributed by atoms with van der Waals surface area (Å²) in [5.74, 6) is 0.448. The zero-order chi connectivity index (χ0) is 18.7. The summed E-state index contributed by atoms with van der Waals surface area (Å²) in [6, 6.07) is 10.4. The van der Waals surface area contributed by atoms with E-state index in [0.29, 0.717) is 6.54 Å². The number of hydrogen-bond donors (Lipinski definition) is 2. The molecule has 1 saturated heterocycles. The Morgan fingerprint density at radius 2 is 1.92 bits per heavy atom. The average molecular weight is 356 g/mol. The molecule has 1 aromatic carbocycles. The molecule has 1 saturated carbocycles. The molecule has 1 heterocycles. The maximum Gasteiger partial charge on any atom is 0.0745 e. The van der Waals surface area contributed by atoms with Gasteiger partial charge >= 0.3 is 0 Å². The van der Waals surface area contributed by atoms with E-state index in [2.05, 4.69) is 50.0 Å². The summed E-state index contributed by atoms with van der Waals surface area (Å²) in [6.07, 6.45) is 6.42. The minimum atomic E-state index is -0.357. The highest BCUT2D eigenvalue weighted by Crippen LogP contribution is 2.68. The second-order valence-corrected chi connectivity index (χ2v) is 8.37. The van der Waals surface area contributed by atoms with Crippen molar-refractivity contribution >= 4 is 0 Å². The first-order valence-corrected chi connectivity index (χ1v) is 9.84. The molecule has 2 N–H and O–H groups in total. The summed E-state index contributed by atoms with van der Waals surface area (Å²) < 4.78 is 0. The highest BCUT2D eigenvalue weighted by Gasteiger charge is 2.70. The molecule has 3 rings (SSSR count). The SMILES string of the molecule is CC(C)=CCC/C(C)=C/CN1C[C@H](O)[C@@]2(C1)[C@H](CO)[C@H]2c1ccccc1. The predicted molar refractivity (Wildman–Crippen MR) is 107 cm³/mol. The zero-order valence-corrected chi connectivity index (χ0v) is 16.4. The van der Waals surface area contributed by atoms with Gasteiger partial charge in [-0.25, -0.2) is 0 Å². The van der Waals surface area contributed by atoms with Crippen LogP contribution in [0.2, 0.25) is 0 Å². The van der Waals surface area contributed by atoms with Crippen LogP contribution >= 0.6 is 0 Å². The lowest BCUT2D eigenvalue weighted by Gasteiger charge is -2.15. The van der Waals surface area contributed by atoms with Crippen LogP contribution < -0.4 is 0 Å². The van der Waals surface area contributed by atoms with Gasteiger partial charge in [-0.3, -0.25) is 4.90 Å². The number of aliphatic hydroxyl groups is 2. The van der Waals surface area contributed by atoms with Crippen LogP contribution in [0.15, 0.2) is 53.6 Å². The zero-order valence-electron chi connectivity index (χ0n) is 16.4. The molecule has 142 valence electrons. The molecule has 3 heteroatoms. The van der Waals surface area contributed by atoms with Gasteiger partial charge in [-0.05, 0) is 51.0 Å². The first kappa shape index (κ1) is 19.3. The highest BCUT2D eigenvalue weighted by molar-refractivity contribution is 5.36. The Bertz CT molecular complexity index is 662. The predicted octanol–water partition coefficient (Wildman–Crippen LogP) is 3.75. The van der Waals surface area contributed by atoms with Crippen molar-refractivity contribution in [2.45, 2.75) is 45.6 Å². The third-order valence-corrected chi connectivity index (χ3v) is 6.26. The number of likely N-dealkylation sites (tertiary alicyclic amines) is 1. The number of nitrogens with zero attached hydrogens (tertiary/aromatic N) is 1. The third kappa shape index (κ3) is 3.80. The first-order valence-electron chi connectivity index (χ1n) is 9.84. The quantitative estimate of drug-likeness (QED) is 0.732. The molecule has 2 fully saturated rings. The topological polar surface area (TPSA) is 43.7 Å². The fourth-order valence-electron chi connectivity index (χ4n) is 4.78. The molecule has 1 spiro atoms. The van der Waals surface area contributed by atoms with Crippen LogP contribution in [0, 0.1) is 11.3 Å². The number of hydrogen-bond acceptors (Lipinski definition) is 3. The summed E-state index contributed by atoms with van der Waals surface area (Å²) in [4.78, 5) is 2.35. The number of aliphatic hydroxyl groups excluding tert-OH is 2. The second kappa shape index (κ2) is 8.08. The summed E-state index contributed by atoms with van der Waals surface area (Å²) in [7, 11) is 0. The van der Waals surface area contributed by atoms with Crippen molar-refractivity contribution in [2.24, 2.45) is 11.3 Å². The van der Waals surface area contributed by atoms with Gasteiger partial charge in [0.2, 0.25) is 0 Å². The molecular weight excluding hydrogens is 322 g/mol. The van der Waals surface area contributed by atoms with E-state index in [9.17, 15) is 10.2 Å². The summed E-state index contributed by atoms with van der Waals surface area (Å²) in [5, 5.41) is 20.7. The molecule has 0 bridgehead atoms. The minimum absolute atomic E-state index is 0.155. The second-order valence-electron chi connectivity index (χ2n) is 8.37. The van der Waals surface area contributed by atoms with Crippen LogP contribution in [0.4, 0.5) is 0 Å². The molecule has 1 aliphatic carbocycles. The molecule has 1 aromatic rings. The van der Waals surface area contributed by atoms with Crippen molar-refractivity contribution < 1.29 is 10.2 Å². The molecule has 3 nitrogen and oxygen atoms in total. The molecule has 0 radical (unpaired) electrons. The third-order valence-electron chi connectivity index (χ3n) is 6.26. The monoisotopic (exact) mass is 355 g/mol. The summed E-state index contributed by atoms with van der Waals surface area (Å²) in [5.41, 5.74) is 3.87. The Hall–Kier alpha value is -1.42. The summed E-state index contributed by atoms with van der Waals surface area (Å²) in [6.45, 7) is 9.10. The van der Waals surface area contributed by atoms with Crippen LogP contribution in [-0.2, 0) is 0 Å². The Morgan fingerprint density at radius 3 is 2.58 bits per heavy atom. The van der Waals surface area contributed by atoms with Gasteiger partial charge in [0, 0.05) is 31.7 Å². The molecule has 4 atom stereocenters. The average Bonchev–Trinajstić information content (AvgIpc) is 3.16. The Balaban J connectivity index is 1.62. The number of benzene rings is 1. The van der Waals surface area contributed by atoms with Gasteiger partial charge in [-0.15, -0.1) is 0 Å². The molecule has 2 aliphatic rings. The largest absolute Gasteiger partial charge is 0.396 e. The lowest BCUT2D eigenvalue weighted by atomic mass is 9.95. The standard InChI is InChI=1S/C23H33NO2/c1-17(2)8-7-9-18(3)12-13-24-14-21(26)23(16-24)20(15-25)22(23)19-10-5-4-6-11-19/h4-6,8,10-12,20-22,25-26H,7,9,13-16H2,1-3H3/b18-12+/t20-,21+,22-,23-/m1/s1. The number of rotatable bonds is 7. The van der Waals surface area contributed by atoms with Crippen LogP contribution in [0.3, 0.4) is 0 Å². The minimum Gasteiger partial charge on any atom is -0.396 e. The van der Waals surface area contributed by atoms with E-state index in [1.165, 1.54) is 16.7 Å². The van der Waals surface area contributed by atoms with Crippen molar-refractivity contribution in [2.75, 3.05) is 26.2 Å². The lowest BCUT2D eigenvalue weighted by molar-refractivity contribution is 0.111. The highest BCUT2D eigenvalue weighted by atomic mass is 16.3. The van der Waals surface area contributed by atoms with Crippen molar-refractivity contribution in [3.05, 3.63) is 59.2 Å². The summed E-state index contributed by atoms with van der Waals surface area (Å²) >= 11 is 0. The van der Waals surface area contributed by atoms with Crippen LogP contribution in [0.25, 0.3) is 0 Å². The van der Waals surface area contributed by atoms with E-state index >= 15 is 0 Å². The van der Waals surface area contributed by atoms with Crippen molar-refractivity contribution in [1.29, 1.82) is 0 Å². The lowest BCUT2D eigenvalue weighted by Crippen LogP contribution is -2.23. The molecule has 0 aromatic heterocycles. The van der Waals surface area contributed by atoms with Crippen molar-refractivity contribution in [1.82, 2.24) is 4.90 Å². The Kier molecular flexibility index (Phi) is 6.01. The van der Waals surface area contributed by atoms with Gasteiger partial charge in [0.25, 0.3) is 0 Å². The normalized spacial score (nSPS) is 31.4. The van der Waals surface area contributed by atoms with E-state index < -0.39 is 0 Å². The van der Waals surface area contributed by atoms with Crippen LogP contribution in [-0.4, -0.2) is 47.5 Å². The van der Waals surface area contributed by atoms with Crippen LogP contribution in [0.5, 0.6) is 0 Å². The van der Waals surface area contributed by atoms with E-state index in [0.717, 1.165) is 25.9 Å². The number of β-amino-alcohol motifs (C(OH)–C–C–N with tert-alkyl or cyclic N) is 1. The molecular formula is C23H33NO2. The molecule has 1 aliphatic heterocycles. The van der Waals surface area contributed by atoms with E-state index in [4.69, 9.17) is 0 Å². The molecule has 26 heavy (non-hydrogen) atoms. The molecule has 0 unspecified atom stereocenters. The van der Waals surface area contributed by atoms with Gasteiger partial charge in [0.05, 0.1) is 6.10 Å². The van der Waals surface area contributed by atoms with Gasteiger partial charge < -0.3 is 10.2 Å². The first-order chi connectivity index (χ1) is 12.5. The molecule has 0 amide bonds. The maximum absolute atomic E-state index is 10.8. The maximum atomic E-state index is 10.8. The fourth-order valence-corrected chi connectivity index (χ4v) is 4.78. The Morgan fingerprint density at radius 1 is 1.19 bits per heavy atom. The fraction of sp³-hybridized carbons (Fsp3) is 0.565. The van der Waals surface area contributed by atoms with Gasteiger partial charge in [0.1, 0.15) is 0 Å².